The predicted molar refractivity (Wildman–Crippen MR) is 80.1 cm³/mol. The van der Waals surface area contributed by atoms with Crippen LogP contribution in [0.15, 0.2) is 29.4 Å². The van der Waals surface area contributed by atoms with Gasteiger partial charge in [0.05, 0.1) is 11.7 Å². The van der Waals surface area contributed by atoms with Crippen molar-refractivity contribution >= 4 is 21.4 Å². The molecule has 1 aromatic heterocycles. The van der Waals surface area contributed by atoms with Crippen LogP contribution in [-0.2, 0) is 17.1 Å². The Morgan fingerprint density at radius 2 is 2.10 bits per heavy atom. The molecule has 0 saturated carbocycles. The standard InChI is InChI=1S/C12H18N6O2S/c1-8(12-17-15-7-18(12)3)16-10-5-4-9(13)6-11(10)21(19,20)14-2/h4-8,14,16H,13H2,1-3H3. The molecule has 0 aliphatic heterocycles. The second-order valence-corrected chi connectivity index (χ2v) is 6.48. The van der Waals surface area contributed by atoms with Gasteiger partial charge in [0, 0.05) is 12.7 Å². The van der Waals surface area contributed by atoms with Crippen molar-refractivity contribution in [3.63, 3.8) is 0 Å². The van der Waals surface area contributed by atoms with Crippen LogP contribution in [0.2, 0.25) is 0 Å². The predicted octanol–water partition coefficient (Wildman–Crippen LogP) is 0.478. The zero-order chi connectivity index (χ0) is 15.6. The summed E-state index contributed by atoms with van der Waals surface area (Å²) in [5.41, 5.74) is 6.51. The van der Waals surface area contributed by atoms with Gasteiger partial charge in [0.25, 0.3) is 0 Å². The molecule has 2 rings (SSSR count). The second-order valence-electron chi connectivity index (χ2n) is 4.63. The minimum Gasteiger partial charge on any atom is -0.399 e. The average molecular weight is 310 g/mol. The van der Waals surface area contributed by atoms with Crippen molar-refractivity contribution in [1.82, 2.24) is 19.5 Å². The van der Waals surface area contributed by atoms with E-state index in [0.29, 0.717) is 17.2 Å². The van der Waals surface area contributed by atoms with Crippen LogP contribution in [0.4, 0.5) is 11.4 Å². The maximum atomic E-state index is 12.1. The van der Waals surface area contributed by atoms with Crippen molar-refractivity contribution in [2.24, 2.45) is 7.05 Å². The molecule has 9 heteroatoms. The van der Waals surface area contributed by atoms with E-state index in [-0.39, 0.29) is 10.9 Å². The van der Waals surface area contributed by atoms with Crippen LogP contribution in [0, 0.1) is 0 Å². The molecule has 2 aromatic rings. The molecule has 1 atom stereocenters. The van der Waals surface area contributed by atoms with E-state index in [1.54, 1.807) is 23.0 Å². The van der Waals surface area contributed by atoms with Gasteiger partial charge in [0.1, 0.15) is 11.2 Å². The molecular formula is C12H18N6O2S. The summed E-state index contributed by atoms with van der Waals surface area (Å²) in [5.74, 6) is 0.694. The molecule has 0 aliphatic rings. The number of aromatic nitrogens is 3. The molecule has 0 saturated heterocycles. The van der Waals surface area contributed by atoms with Gasteiger partial charge in [-0.1, -0.05) is 0 Å². The topological polar surface area (TPSA) is 115 Å². The Balaban J connectivity index is 2.39. The van der Waals surface area contributed by atoms with E-state index in [0.717, 1.165) is 0 Å². The largest absolute Gasteiger partial charge is 0.399 e. The first-order chi connectivity index (χ1) is 9.85. The number of nitrogens with two attached hydrogens (primary N) is 1. The maximum absolute atomic E-state index is 12.1. The van der Waals surface area contributed by atoms with Gasteiger partial charge in [0.2, 0.25) is 10.0 Å². The van der Waals surface area contributed by atoms with Gasteiger partial charge in [-0.05, 0) is 32.2 Å². The number of nitrogens with one attached hydrogen (secondary N) is 2. The Morgan fingerprint density at radius 1 is 1.38 bits per heavy atom. The lowest BCUT2D eigenvalue weighted by Gasteiger charge is -2.17. The number of benzene rings is 1. The van der Waals surface area contributed by atoms with E-state index in [4.69, 9.17) is 5.73 Å². The summed E-state index contributed by atoms with van der Waals surface area (Å²) in [6.07, 6.45) is 1.59. The van der Waals surface area contributed by atoms with Crippen LogP contribution in [0.5, 0.6) is 0 Å². The third-order valence-electron chi connectivity index (χ3n) is 3.07. The number of hydrogen-bond acceptors (Lipinski definition) is 6. The highest BCUT2D eigenvalue weighted by atomic mass is 32.2. The monoisotopic (exact) mass is 310 g/mol. The molecule has 21 heavy (non-hydrogen) atoms. The Hall–Kier alpha value is -2.13. The van der Waals surface area contributed by atoms with Gasteiger partial charge < -0.3 is 15.6 Å². The summed E-state index contributed by atoms with van der Waals surface area (Å²) in [6.45, 7) is 1.87. The molecule has 0 radical (unpaired) electrons. The normalized spacial score (nSPS) is 13.1. The van der Waals surface area contributed by atoms with Crippen molar-refractivity contribution in [3.8, 4) is 0 Å². The van der Waals surface area contributed by atoms with E-state index in [9.17, 15) is 8.42 Å². The number of nitrogens with zero attached hydrogens (tertiary/aromatic N) is 3. The van der Waals surface area contributed by atoms with Gasteiger partial charge in [-0.2, -0.15) is 0 Å². The minimum absolute atomic E-state index is 0.0963. The first kappa shape index (κ1) is 15.3. The Morgan fingerprint density at radius 3 is 2.67 bits per heavy atom. The lowest BCUT2D eigenvalue weighted by molar-refractivity contribution is 0.588. The van der Waals surface area contributed by atoms with Crippen molar-refractivity contribution in [2.45, 2.75) is 17.9 Å². The molecule has 1 aromatic carbocycles. The van der Waals surface area contributed by atoms with Crippen LogP contribution in [0.25, 0.3) is 0 Å². The highest BCUT2D eigenvalue weighted by Gasteiger charge is 2.20. The first-order valence-electron chi connectivity index (χ1n) is 6.28. The quantitative estimate of drug-likeness (QED) is 0.692. The van der Waals surface area contributed by atoms with Crippen LogP contribution in [-0.4, -0.2) is 30.2 Å². The van der Waals surface area contributed by atoms with E-state index < -0.39 is 10.0 Å². The Kier molecular flexibility index (Phi) is 4.14. The molecule has 0 aliphatic carbocycles. The molecule has 0 spiro atoms. The third kappa shape index (κ3) is 3.14. The van der Waals surface area contributed by atoms with E-state index in [2.05, 4.69) is 20.2 Å². The SMILES string of the molecule is CNS(=O)(=O)c1cc(N)ccc1NC(C)c1nncn1C. The molecule has 8 nitrogen and oxygen atoms in total. The van der Waals surface area contributed by atoms with E-state index in [1.807, 2.05) is 14.0 Å². The van der Waals surface area contributed by atoms with Gasteiger partial charge in [-0.3, -0.25) is 0 Å². The van der Waals surface area contributed by atoms with E-state index in [1.165, 1.54) is 13.1 Å². The summed E-state index contributed by atoms with van der Waals surface area (Å²) in [5, 5.41) is 10.9. The van der Waals surface area contributed by atoms with Crippen LogP contribution < -0.4 is 15.8 Å². The minimum atomic E-state index is -3.61. The molecule has 1 unspecified atom stereocenters. The maximum Gasteiger partial charge on any atom is 0.242 e. The highest BCUT2D eigenvalue weighted by molar-refractivity contribution is 7.89. The highest BCUT2D eigenvalue weighted by Crippen LogP contribution is 2.27. The first-order valence-corrected chi connectivity index (χ1v) is 7.77. The van der Waals surface area contributed by atoms with Gasteiger partial charge in [-0.25, -0.2) is 13.1 Å². The van der Waals surface area contributed by atoms with Crippen molar-refractivity contribution in [2.75, 3.05) is 18.1 Å². The second kappa shape index (κ2) is 5.70. The summed E-state index contributed by atoms with van der Waals surface area (Å²) in [6, 6.07) is 4.47. The summed E-state index contributed by atoms with van der Waals surface area (Å²) in [4.78, 5) is 0.0963. The molecule has 1 heterocycles. The summed E-state index contributed by atoms with van der Waals surface area (Å²) < 4.78 is 28.2. The average Bonchev–Trinajstić information content (AvgIpc) is 2.87. The summed E-state index contributed by atoms with van der Waals surface area (Å²) >= 11 is 0. The molecule has 4 N–H and O–H groups in total. The lowest BCUT2D eigenvalue weighted by Crippen LogP contribution is -2.21. The Labute approximate surface area is 123 Å². The lowest BCUT2D eigenvalue weighted by atomic mass is 10.2. The van der Waals surface area contributed by atoms with Gasteiger partial charge >= 0.3 is 0 Å². The fourth-order valence-electron chi connectivity index (χ4n) is 1.97. The molecule has 0 amide bonds. The fraction of sp³-hybridized carbons (Fsp3) is 0.333. The molecule has 114 valence electrons. The number of hydrogen-bond donors (Lipinski definition) is 3. The third-order valence-corrected chi connectivity index (χ3v) is 4.52. The number of rotatable bonds is 5. The summed E-state index contributed by atoms with van der Waals surface area (Å²) in [7, 11) is -0.435. The molecular weight excluding hydrogens is 292 g/mol. The number of anilines is 2. The van der Waals surface area contributed by atoms with Crippen molar-refractivity contribution in [1.29, 1.82) is 0 Å². The zero-order valence-corrected chi connectivity index (χ0v) is 12.8. The van der Waals surface area contributed by atoms with Crippen LogP contribution in [0.3, 0.4) is 0 Å². The number of nitrogen functional groups attached to an aromatic ring is 1. The van der Waals surface area contributed by atoms with Gasteiger partial charge in [0.15, 0.2) is 5.82 Å². The molecule has 0 bridgehead atoms. The van der Waals surface area contributed by atoms with Gasteiger partial charge in [-0.15, -0.1) is 10.2 Å². The van der Waals surface area contributed by atoms with E-state index >= 15 is 0 Å². The number of aryl methyl sites for hydroxylation is 1. The van der Waals surface area contributed by atoms with Crippen molar-refractivity contribution in [3.05, 3.63) is 30.4 Å². The Bertz CT molecular complexity index is 740. The number of sulfonamides is 1. The zero-order valence-electron chi connectivity index (χ0n) is 12.0. The van der Waals surface area contributed by atoms with Crippen molar-refractivity contribution < 1.29 is 8.42 Å². The van der Waals surface area contributed by atoms with Crippen LogP contribution >= 0.6 is 0 Å². The molecule has 0 fully saturated rings. The fourth-order valence-corrected chi connectivity index (χ4v) is 2.90. The smallest absolute Gasteiger partial charge is 0.242 e. The van der Waals surface area contributed by atoms with Crippen LogP contribution in [0.1, 0.15) is 18.8 Å².